The van der Waals surface area contributed by atoms with Crippen LogP contribution in [-0.2, 0) is 6.61 Å². The summed E-state index contributed by atoms with van der Waals surface area (Å²) in [6, 6.07) is 15.5. The maximum atomic E-state index is 12.7. The van der Waals surface area contributed by atoms with Gasteiger partial charge in [0.05, 0.1) is 7.11 Å². The summed E-state index contributed by atoms with van der Waals surface area (Å²) >= 11 is 0. The zero-order valence-electron chi connectivity index (χ0n) is 18.2. The number of piperidine rings is 1. The largest absolute Gasteiger partial charge is 0.493 e. The van der Waals surface area contributed by atoms with Gasteiger partial charge in [-0.15, -0.1) is 0 Å². The fraction of sp³-hybridized carbons (Fsp3) is 0.400. The van der Waals surface area contributed by atoms with Gasteiger partial charge in [-0.1, -0.05) is 42.0 Å². The van der Waals surface area contributed by atoms with Crippen LogP contribution >= 0.6 is 0 Å². The molecule has 0 saturated carbocycles. The molecule has 160 valence electrons. The van der Waals surface area contributed by atoms with Crippen LogP contribution in [0.4, 0.5) is 0 Å². The quantitative estimate of drug-likeness (QED) is 0.657. The number of nitrogens with zero attached hydrogens (tertiary/aromatic N) is 1. The number of nitrogens with one attached hydrogen (secondary N) is 1. The van der Waals surface area contributed by atoms with Gasteiger partial charge in [0.2, 0.25) is 0 Å². The lowest BCUT2D eigenvalue weighted by molar-refractivity contribution is 0.0913. The number of rotatable bonds is 8. The molecule has 3 rings (SSSR count). The van der Waals surface area contributed by atoms with Crippen LogP contribution in [0.5, 0.6) is 11.5 Å². The van der Waals surface area contributed by atoms with Crippen LogP contribution in [0, 0.1) is 0 Å². The van der Waals surface area contributed by atoms with E-state index >= 15 is 0 Å². The molecule has 0 spiro atoms. The summed E-state index contributed by atoms with van der Waals surface area (Å²) in [4.78, 5) is 15.2. The second-order valence-electron chi connectivity index (χ2n) is 7.97. The number of carbonyl (C=O) groups excluding carboxylic acids is 1. The fourth-order valence-corrected chi connectivity index (χ4v) is 3.50. The Labute approximate surface area is 179 Å². The SMILES string of the molecule is COc1cc(C(=O)NC2CCN(CC=C(C)C)CC2)ccc1OCc1ccccc1. The van der Waals surface area contributed by atoms with Crippen molar-refractivity contribution in [3.8, 4) is 11.5 Å². The molecule has 1 aliphatic rings. The topological polar surface area (TPSA) is 50.8 Å². The van der Waals surface area contributed by atoms with E-state index in [1.54, 1.807) is 25.3 Å². The lowest BCUT2D eigenvalue weighted by atomic mass is 10.0. The molecule has 0 atom stereocenters. The van der Waals surface area contributed by atoms with Crippen LogP contribution in [0.25, 0.3) is 0 Å². The number of likely N-dealkylation sites (tertiary alicyclic amines) is 1. The minimum atomic E-state index is -0.0642. The van der Waals surface area contributed by atoms with Gasteiger partial charge >= 0.3 is 0 Å². The Hall–Kier alpha value is -2.79. The Morgan fingerprint density at radius 2 is 1.83 bits per heavy atom. The summed E-state index contributed by atoms with van der Waals surface area (Å²) in [5.41, 5.74) is 3.01. The number of allylic oxidation sites excluding steroid dienone is 1. The smallest absolute Gasteiger partial charge is 0.251 e. The number of amides is 1. The molecule has 0 aliphatic carbocycles. The molecule has 5 heteroatoms. The molecule has 1 amide bonds. The molecule has 2 aromatic carbocycles. The highest BCUT2D eigenvalue weighted by Gasteiger charge is 2.21. The van der Waals surface area contributed by atoms with Crippen molar-refractivity contribution in [2.45, 2.75) is 39.3 Å². The van der Waals surface area contributed by atoms with E-state index in [-0.39, 0.29) is 11.9 Å². The van der Waals surface area contributed by atoms with Gasteiger partial charge in [0.1, 0.15) is 6.61 Å². The summed E-state index contributed by atoms with van der Waals surface area (Å²) in [5, 5.41) is 3.17. The zero-order chi connectivity index (χ0) is 21.3. The van der Waals surface area contributed by atoms with E-state index in [0.29, 0.717) is 23.7 Å². The van der Waals surface area contributed by atoms with E-state index in [1.807, 2.05) is 30.3 Å². The van der Waals surface area contributed by atoms with E-state index in [9.17, 15) is 4.79 Å². The normalized spacial score (nSPS) is 14.8. The van der Waals surface area contributed by atoms with Crippen molar-refractivity contribution in [2.24, 2.45) is 0 Å². The molecule has 1 heterocycles. The Kier molecular flexibility index (Phi) is 7.91. The third kappa shape index (κ3) is 6.36. The number of hydrogen-bond donors (Lipinski definition) is 1. The van der Waals surface area contributed by atoms with Crippen molar-refractivity contribution in [2.75, 3.05) is 26.7 Å². The van der Waals surface area contributed by atoms with Gasteiger partial charge < -0.3 is 14.8 Å². The van der Waals surface area contributed by atoms with Crippen LogP contribution in [-0.4, -0.2) is 43.6 Å². The van der Waals surface area contributed by atoms with Crippen LogP contribution in [0.3, 0.4) is 0 Å². The molecule has 0 unspecified atom stereocenters. The standard InChI is InChI=1S/C25H32N2O3/c1-19(2)11-14-27-15-12-22(13-16-27)26-25(28)21-9-10-23(24(17-21)29-3)30-18-20-7-5-4-6-8-20/h4-11,17,22H,12-16,18H2,1-3H3,(H,26,28). The first-order valence-electron chi connectivity index (χ1n) is 10.6. The first kappa shape index (κ1) is 21.9. The van der Waals surface area contributed by atoms with Gasteiger partial charge in [-0.05, 0) is 50.5 Å². The lowest BCUT2D eigenvalue weighted by Gasteiger charge is -2.31. The van der Waals surface area contributed by atoms with Crippen LogP contribution in [0.1, 0.15) is 42.6 Å². The number of benzene rings is 2. The first-order valence-corrected chi connectivity index (χ1v) is 10.6. The van der Waals surface area contributed by atoms with E-state index in [2.05, 4.69) is 30.1 Å². The monoisotopic (exact) mass is 408 g/mol. The Morgan fingerprint density at radius 3 is 2.50 bits per heavy atom. The maximum absolute atomic E-state index is 12.7. The first-order chi connectivity index (χ1) is 14.5. The van der Waals surface area contributed by atoms with Gasteiger partial charge in [-0.3, -0.25) is 9.69 Å². The van der Waals surface area contributed by atoms with Crippen molar-refractivity contribution >= 4 is 5.91 Å². The highest BCUT2D eigenvalue weighted by molar-refractivity contribution is 5.95. The molecule has 1 fully saturated rings. The third-order valence-corrected chi connectivity index (χ3v) is 5.34. The Morgan fingerprint density at radius 1 is 1.10 bits per heavy atom. The minimum absolute atomic E-state index is 0.0642. The third-order valence-electron chi connectivity index (χ3n) is 5.34. The van der Waals surface area contributed by atoms with Crippen molar-refractivity contribution in [1.82, 2.24) is 10.2 Å². The van der Waals surface area contributed by atoms with Crippen LogP contribution in [0.15, 0.2) is 60.2 Å². The highest BCUT2D eigenvalue weighted by Crippen LogP contribution is 2.29. The van der Waals surface area contributed by atoms with Crippen molar-refractivity contribution in [1.29, 1.82) is 0 Å². The Bertz CT molecular complexity index is 852. The number of methoxy groups -OCH3 is 1. The van der Waals surface area contributed by atoms with E-state index in [0.717, 1.165) is 38.0 Å². The van der Waals surface area contributed by atoms with E-state index < -0.39 is 0 Å². The highest BCUT2D eigenvalue weighted by atomic mass is 16.5. The average Bonchev–Trinajstić information content (AvgIpc) is 2.77. The Balaban J connectivity index is 1.54. The van der Waals surface area contributed by atoms with Gasteiger partial charge in [0.25, 0.3) is 5.91 Å². The summed E-state index contributed by atoms with van der Waals surface area (Å²) in [7, 11) is 1.59. The van der Waals surface area contributed by atoms with Gasteiger partial charge in [0.15, 0.2) is 11.5 Å². The predicted molar refractivity (Wildman–Crippen MR) is 120 cm³/mol. The molecule has 5 nitrogen and oxygen atoms in total. The van der Waals surface area contributed by atoms with Gasteiger partial charge in [-0.2, -0.15) is 0 Å². The molecule has 2 aromatic rings. The summed E-state index contributed by atoms with van der Waals surface area (Å²) in [6.45, 7) is 7.70. The zero-order valence-corrected chi connectivity index (χ0v) is 18.2. The molecule has 0 radical (unpaired) electrons. The number of ether oxygens (including phenoxy) is 2. The van der Waals surface area contributed by atoms with Gasteiger partial charge in [-0.25, -0.2) is 0 Å². The van der Waals surface area contributed by atoms with Crippen molar-refractivity contribution < 1.29 is 14.3 Å². The number of hydrogen-bond acceptors (Lipinski definition) is 4. The predicted octanol–water partition coefficient (Wildman–Crippen LogP) is 4.43. The maximum Gasteiger partial charge on any atom is 0.251 e. The lowest BCUT2D eigenvalue weighted by Crippen LogP contribution is -2.44. The van der Waals surface area contributed by atoms with Crippen LogP contribution < -0.4 is 14.8 Å². The van der Waals surface area contributed by atoms with Crippen LogP contribution in [0.2, 0.25) is 0 Å². The van der Waals surface area contributed by atoms with E-state index in [4.69, 9.17) is 9.47 Å². The second kappa shape index (κ2) is 10.8. The molecule has 1 aliphatic heterocycles. The summed E-state index contributed by atoms with van der Waals surface area (Å²) < 4.78 is 11.3. The van der Waals surface area contributed by atoms with Crippen molar-refractivity contribution in [3.63, 3.8) is 0 Å². The molecule has 0 aromatic heterocycles. The minimum Gasteiger partial charge on any atom is -0.493 e. The molecule has 1 N–H and O–H groups in total. The summed E-state index contributed by atoms with van der Waals surface area (Å²) in [6.07, 6.45) is 4.20. The fourth-order valence-electron chi connectivity index (χ4n) is 3.50. The molecular weight excluding hydrogens is 376 g/mol. The van der Waals surface area contributed by atoms with E-state index in [1.165, 1.54) is 5.57 Å². The molecule has 30 heavy (non-hydrogen) atoms. The molecular formula is C25H32N2O3. The average molecular weight is 409 g/mol. The number of carbonyl (C=O) groups is 1. The van der Waals surface area contributed by atoms with Gasteiger partial charge in [0, 0.05) is 31.2 Å². The second-order valence-corrected chi connectivity index (χ2v) is 7.97. The summed E-state index contributed by atoms with van der Waals surface area (Å²) in [5.74, 6) is 1.13. The molecule has 1 saturated heterocycles. The molecule has 0 bridgehead atoms. The van der Waals surface area contributed by atoms with Crippen molar-refractivity contribution in [3.05, 3.63) is 71.3 Å².